The number of carbonyl (C=O) groups is 3. The predicted molar refractivity (Wildman–Crippen MR) is 293 cm³/mol. The SMILES string of the molecule is CCCCCCCCCC/C=C\CCCCCCCCCCCCCCCC(=O)OCC(COC(=O)CCCCCCCCC)OC(=O)CCCCCCCCCCCCCCCCCCCC. The first kappa shape index (κ1) is 66.2. The van der Waals surface area contributed by atoms with E-state index < -0.39 is 6.10 Å². The molecular formula is C62H118O6. The van der Waals surface area contributed by atoms with Crippen molar-refractivity contribution in [3.05, 3.63) is 12.2 Å². The van der Waals surface area contributed by atoms with Crippen molar-refractivity contribution < 1.29 is 28.6 Å². The molecule has 0 aliphatic rings. The molecule has 0 saturated carbocycles. The highest BCUT2D eigenvalue weighted by atomic mass is 16.6. The van der Waals surface area contributed by atoms with E-state index in [4.69, 9.17) is 14.2 Å². The zero-order valence-corrected chi connectivity index (χ0v) is 46.2. The molecule has 0 aliphatic heterocycles. The molecule has 0 spiro atoms. The summed E-state index contributed by atoms with van der Waals surface area (Å²) in [5, 5.41) is 0. The molecule has 0 fully saturated rings. The molecule has 68 heavy (non-hydrogen) atoms. The maximum atomic E-state index is 12.8. The van der Waals surface area contributed by atoms with E-state index in [1.54, 1.807) is 0 Å². The lowest BCUT2D eigenvalue weighted by Gasteiger charge is -2.18. The summed E-state index contributed by atoms with van der Waals surface area (Å²) in [7, 11) is 0. The number of allylic oxidation sites excluding steroid dienone is 2. The molecule has 6 heteroatoms. The van der Waals surface area contributed by atoms with Gasteiger partial charge in [-0.15, -0.1) is 0 Å². The van der Waals surface area contributed by atoms with Crippen molar-refractivity contribution in [1.29, 1.82) is 0 Å². The Kier molecular flexibility index (Phi) is 56.2. The van der Waals surface area contributed by atoms with E-state index in [-0.39, 0.29) is 31.1 Å². The van der Waals surface area contributed by atoms with Gasteiger partial charge in [0.05, 0.1) is 0 Å². The maximum Gasteiger partial charge on any atom is 0.306 e. The molecule has 0 heterocycles. The second-order valence-electron chi connectivity index (χ2n) is 21.0. The van der Waals surface area contributed by atoms with E-state index >= 15 is 0 Å². The third-order valence-corrected chi connectivity index (χ3v) is 14.0. The molecule has 402 valence electrons. The normalized spacial score (nSPS) is 12.0. The van der Waals surface area contributed by atoms with Gasteiger partial charge < -0.3 is 14.2 Å². The van der Waals surface area contributed by atoms with Crippen LogP contribution in [0.5, 0.6) is 0 Å². The van der Waals surface area contributed by atoms with E-state index in [9.17, 15) is 14.4 Å². The van der Waals surface area contributed by atoms with E-state index in [0.29, 0.717) is 19.3 Å². The summed E-state index contributed by atoms with van der Waals surface area (Å²) in [5.41, 5.74) is 0. The van der Waals surface area contributed by atoms with Crippen LogP contribution in [0.25, 0.3) is 0 Å². The second-order valence-corrected chi connectivity index (χ2v) is 21.0. The molecule has 0 amide bonds. The summed E-state index contributed by atoms with van der Waals surface area (Å²) in [6.45, 7) is 6.66. The number of esters is 3. The first-order chi connectivity index (χ1) is 33.5. The van der Waals surface area contributed by atoms with Gasteiger partial charge in [0, 0.05) is 19.3 Å². The third-order valence-electron chi connectivity index (χ3n) is 14.0. The standard InChI is InChI=1S/C62H118O6/c1-4-7-10-13-16-18-20-22-24-26-28-29-30-31-32-33-34-36-37-39-41-43-46-49-52-55-61(64)67-58-59(57-66-60(63)54-51-48-45-15-12-9-6-3)68-62(65)56-53-50-47-44-42-40-38-35-27-25-23-21-19-17-14-11-8-5-2/h26,28,59H,4-25,27,29-58H2,1-3H3/b28-26-. The van der Waals surface area contributed by atoms with E-state index in [2.05, 4.69) is 32.9 Å². The van der Waals surface area contributed by atoms with Crippen LogP contribution < -0.4 is 0 Å². The topological polar surface area (TPSA) is 78.9 Å². The van der Waals surface area contributed by atoms with Crippen molar-refractivity contribution in [1.82, 2.24) is 0 Å². The summed E-state index contributed by atoms with van der Waals surface area (Å²) >= 11 is 0. The Morgan fingerprint density at radius 3 is 0.735 bits per heavy atom. The van der Waals surface area contributed by atoms with E-state index in [1.165, 1.54) is 250 Å². The average Bonchev–Trinajstić information content (AvgIpc) is 3.34. The van der Waals surface area contributed by atoms with Gasteiger partial charge >= 0.3 is 17.9 Å². The van der Waals surface area contributed by atoms with Gasteiger partial charge in [-0.2, -0.15) is 0 Å². The van der Waals surface area contributed by atoms with Gasteiger partial charge in [0.1, 0.15) is 13.2 Å². The molecule has 0 saturated heterocycles. The van der Waals surface area contributed by atoms with E-state index in [1.807, 2.05) is 0 Å². The fourth-order valence-corrected chi connectivity index (χ4v) is 9.38. The van der Waals surface area contributed by atoms with Crippen LogP contribution in [0, 0.1) is 0 Å². The minimum atomic E-state index is -0.763. The molecule has 1 unspecified atom stereocenters. The van der Waals surface area contributed by atoms with Crippen molar-refractivity contribution in [3.8, 4) is 0 Å². The van der Waals surface area contributed by atoms with Gasteiger partial charge in [-0.3, -0.25) is 14.4 Å². The quantitative estimate of drug-likeness (QED) is 0.0262. The molecule has 0 bridgehead atoms. The summed E-state index contributed by atoms with van der Waals surface area (Å²) in [4.78, 5) is 38.0. The van der Waals surface area contributed by atoms with Crippen molar-refractivity contribution >= 4 is 17.9 Å². The van der Waals surface area contributed by atoms with Crippen LogP contribution in [0.1, 0.15) is 348 Å². The zero-order valence-electron chi connectivity index (χ0n) is 46.2. The fraction of sp³-hybridized carbons (Fsp3) is 0.919. The molecule has 0 aromatic heterocycles. The molecule has 0 aromatic rings. The number of unbranched alkanes of at least 4 members (excludes halogenated alkanes) is 44. The minimum absolute atomic E-state index is 0.0643. The largest absolute Gasteiger partial charge is 0.462 e. The lowest BCUT2D eigenvalue weighted by Crippen LogP contribution is -2.30. The monoisotopic (exact) mass is 959 g/mol. The molecule has 0 rings (SSSR count). The Morgan fingerprint density at radius 2 is 0.485 bits per heavy atom. The first-order valence-corrected chi connectivity index (χ1v) is 30.7. The number of hydrogen-bond acceptors (Lipinski definition) is 6. The highest BCUT2D eigenvalue weighted by Crippen LogP contribution is 2.18. The highest BCUT2D eigenvalue weighted by Gasteiger charge is 2.19. The Hall–Kier alpha value is -1.85. The Morgan fingerprint density at radius 1 is 0.279 bits per heavy atom. The number of ether oxygens (including phenoxy) is 3. The molecule has 1 atom stereocenters. The molecule has 6 nitrogen and oxygen atoms in total. The van der Waals surface area contributed by atoms with Crippen LogP contribution in [0.3, 0.4) is 0 Å². The molecular weight excluding hydrogens is 841 g/mol. The molecule has 0 N–H and O–H groups in total. The zero-order chi connectivity index (χ0) is 49.3. The van der Waals surface area contributed by atoms with E-state index in [0.717, 1.165) is 57.8 Å². The number of rotatable bonds is 57. The lowest BCUT2D eigenvalue weighted by atomic mass is 10.0. The minimum Gasteiger partial charge on any atom is -0.462 e. The van der Waals surface area contributed by atoms with Crippen molar-refractivity contribution in [3.63, 3.8) is 0 Å². The highest BCUT2D eigenvalue weighted by molar-refractivity contribution is 5.71. The average molecular weight is 960 g/mol. The van der Waals surface area contributed by atoms with Crippen molar-refractivity contribution in [2.75, 3.05) is 13.2 Å². The molecule has 0 aliphatic carbocycles. The summed E-state index contributed by atoms with van der Waals surface area (Å²) in [6, 6.07) is 0. The second kappa shape index (κ2) is 57.7. The lowest BCUT2D eigenvalue weighted by molar-refractivity contribution is -0.167. The maximum absolute atomic E-state index is 12.8. The van der Waals surface area contributed by atoms with Gasteiger partial charge in [-0.25, -0.2) is 0 Å². The third kappa shape index (κ3) is 55.1. The van der Waals surface area contributed by atoms with Crippen LogP contribution in [0.2, 0.25) is 0 Å². The smallest absolute Gasteiger partial charge is 0.306 e. The molecule has 0 aromatic carbocycles. The van der Waals surface area contributed by atoms with Crippen molar-refractivity contribution in [2.45, 2.75) is 354 Å². The van der Waals surface area contributed by atoms with Crippen LogP contribution in [-0.4, -0.2) is 37.2 Å². The van der Waals surface area contributed by atoms with Crippen LogP contribution in [0.15, 0.2) is 12.2 Å². The van der Waals surface area contributed by atoms with Crippen LogP contribution in [-0.2, 0) is 28.6 Å². The summed E-state index contributed by atoms with van der Waals surface area (Å²) in [6.07, 6.45) is 66.7. The number of hydrogen-bond donors (Lipinski definition) is 0. The Bertz CT molecular complexity index is 1060. The fourth-order valence-electron chi connectivity index (χ4n) is 9.38. The van der Waals surface area contributed by atoms with Gasteiger partial charge in [0.2, 0.25) is 0 Å². The Labute approximate surface area is 424 Å². The van der Waals surface area contributed by atoms with Gasteiger partial charge in [0.25, 0.3) is 0 Å². The molecule has 0 radical (unpaired) electrons. The summed E-state index contributed by atoms with van der Waals surface area (Å²) < 4.78 is 16.8. The van der Waals surface area contributed by atoms with Crippen molar-refractivity contribution in [2.24, 2.45) is 0 Å². The van der Waals surface area contributed by atoms with Gasteiger partial charge in [-0.05, 0) is 44.9 Å². The van der Waals surface area contributed by atoms with Crippen LogP contribution >= 0.6 is 0 Å². The van der Waals surface area contributed by atoms with Gasteiger partial charge in [0.15, 0.2) is 6.10 Å². The van der Waals surface area contributed by atoms with Gasteiger partial charge in [-0.1, -0.05) is 296 Å². The first-order valence-electron chi connectivity index (χ1n) is 30.7. The summed E-state index contributed by atoms with van der Waals surface area (Å²) in [5.74, 6) is -0.846. The predicted octanol–water partition coefficient (Wildman–Crippen LogP) is 20.5. The van der Waals surface area contributed by atoms with Crippen LogP contribution in [0.4, 0.5) is 0 Å². The Balaban J connectivity index is 4.07. The number of carbonyl (C=O) groups excluding carboxylic acids is 3.